The van der Waals surface area contributed by atoms with Gasteiger partial charge in [0.2, 0.25) is 0 Å². The molecule has 0 bridgehead atoms. The molecule has 1 aromatic heterocycles. The fourth-order valence-corrected chi connectivity index (χ4v) is 3.56. The van der Waals surface area contributed by atoms with E-state index >= 15 is 0 Å². The molecule has 0 fully saturated rings. The van der Waals surface area contributed by atoms with Crippen LogP contribution in [0.3, 0.4) is 0 Å². The average Bonchev–Trinajstić information content (AvgIpc) is 2.94. The first-order chi connectivity index (χ1) is 11.3. The molecular weight excluding hydrogens is 395 g/mol. The number of aryl methyl sites for hydroxylation is 1. The van der Waals surface area contributed by atoms with Gasteiger partial charge in [-0.25, -0.2) is 0 Å². The Kier molecular flexibility index (Phi) is 5.76. The molecule has 120 valence electrons. The molecule has 0 radical (unpaired) electrons. The van der Waals surface area contributed by atoms with Crippen molar-refractivity contribution in [2.24, 2.45) is 0 Å². The zero-order valence-electron chi connectivity index (χ0n) is 13.6. The molecule has 0 unspecified atom stereocenters. The quantitative estimate of drug-likeness (QED) is 0.292. The summed E-state index contributed by atoms with van der Waals surface area (Å²) in [6.45, 7) is 2.26. The van der Waals surface area contributed by atoms with E-state index in [2.05, 4.69) is 78.0 Å². The number of rotatable bonds is 7. The number of hydrogen-bond acceptors (Lipinski definition) is 1. The molecule has 1 nitrogen and oxygen atoms in total. The molecular formula is C21H23IO. The number of halogens is 1. The van der Waals surface area contributed by atoms with Crippen LogP contribution in [0.15, 0.2) is 52.9 Å². The Labute approximate surface area is 152 Å². The lowest BCUT2D eigenvalue weighted by atomic mass is 10.00. The predicted octanol–water partition coefficient (Wildman–Crippen LogP) is 7.22. The summed E-state index contributed by atoms with van der Waals surface area (Å²) in [5, 5.41) is 1.17. The summed E-state index contributed by atoms with van der Waals surface area (Å²) in [4.78, 5) is 0. The third kappa shape index (κ3) is 4.37. The number of fused-ring (bicyclic) bond motifs is 1. The second-order valence-electron chi connectivity index (χ2n) is 6.16. The highest BCUT2D eigenvalue weighted by molar-refractivity contribution is 14.1. The van der Waals surface area contributed by atoms with Crippen LogP contribution >= 0.6 is 22.6 Å². The van der Waals surface area contributed by atoms with E-state index < -0.39 is 0 Å². The van der Waals surface area contributed by atoms with E-state index in [0.717, 1.165) is 9.35 Å². The Balaban J connectivity index is 1.65. The third-order valence-corrected chi connectivity index (χ3v) is 4.87. The molecule has 0 atom stereocenters. The van der Waals surface area contributed by atoms with E-state index in [4.69, 9.17) is 4.42 Å². The van der Waals surface area contributed by atoms with Crippen molar-refractivity contribution < 1.29 is 4.42 Å². The first kappa shape index (κ1) is 16.6. The lowest BCUT2D eigenvalue weighted by molar-refractivity contribution is 0.584. The van der Waals surface area contributed by atoms with Crippen molar-refractivity contribution in [3.8, 4) is 11.1 Å². The van der Waals surface area contributed by atoms with Crippen LogP contribution in [0.5, 0.6) is 0 Å². The van der Waals surface area contributed by atoms with Crippen molar-refractivity contribution in [1.29, 1.82) is 0 Å². The summed E-state index contributed by atoms with van der Waals surface area (Å²) in [7, 11) is 0. The van der Waals surface area contributed by atoms with Crippen LogP contribution in [0.25, 0.3) is 22.1 Å². The maximum Gasteiger partial charge on any atom is 0.165 e. The highest BCUT2D eigenvalue weighted by atomic mass is 127. The molecule has 3 aromatic rings. The fraction of sp³-hybridized carbons (Fsp3) is 0.333. The average molecular weight is 418 g/mol. The summed E-state index contributed by atoms with van der Waals surface area (Å²) in [5.41, 5.74) is 4.94. The van der Waals surface area contributed by atoms with Crippen molar-refractivity contribution in [3.63, 3.8) is 0 Å². The van der Waals surface area contributed by atoms with Gasteiger partial charge >= 0.3 is 0 Å². The molecule has 0 spiro atoms. The zero-order chi connectivity index (χ0) is 16.1. The van der Waals surface area contributed by atoms with Crippen LogP contribution in [0.1, 0.15) is 44.6 Å². The topological polar surface area (TPSA) is 13.1 Å². The molecule has 1 heterocycles. The fourth-order valence-electron chi connectivity index (χ4n) is 2.99. The van der Waals surface area contributed by atoms with Gasteiger partial charge in [0.25, 0.3) is 0 Å². The molecule has 23 heavy (non-hydrogen) atoms. The Morgan fingerprint density at radius 3 is 2.35 bits per heavy atom. The van der Waals surface area contributed by atoms with Crippen molar-refractivity contribution >= 4 is 33.6 Å². The summed E-state index contributed by atoms with van der Waals surface area (Å²) in [6.07, 6.45) is 7.91. The van der Waals surface area contributed by atoms with Crippen LogP contribution in [-0.4, -0.2) is 0 Å². The lowest BCUT2D eigenvalue weighted by Crippen LogP contribution is -1.86. The molecule has 0 aliphatic carbocycles. The molecule has 0 aliphatic rings. The van der Waals surface area contributed by atoms with Crippen molar-refractivity contribution in [2.45, 2.75) is 45.4 Å². The highest BCUT2D eigenvalue weighted by Gasteiger charge is 2.04. The normalized spacial score (nSPS) is 11.2. The van der Waals surface area contributed by atoms with E-state index in [0.29, 0.717) is 0 Å². The van der Waals surface area contributed by atoms with Crippen LogP contribution in [-0.2, 0) is 6.42 Å². The van der Waals surface area contributed by atoms with Crippen molar-refractivity contribution in [1.82, 2.24) is 0 Å². The minimum atomic E-state index is 0.938. The van der Waals surface area contributed by atoms with Crippen molar-refractivity contribution in [2.75, 3.05) is 0 Å². The minimum Gasteiger partial charge on any atom is -0.450 e. The Morgan fingerprint density at radius 1 is 0.826 bits per heavy atom. The summed E-state index contributed by atoms with van der Waals surface area (Å²) in [6, 6.07) is 17.5. The standard InChI is InChI=1S/C21H23IO/c1-2-3-4-5-6-7-16-8-10-17(11-9-16)18-12-13-20-19(14-18)15-21(22)23-20/h8-15H,2-7H2,1H3. The van der Waals surface area contributed by atoms with Gasteiger partial charge in [0, 0.05) is 5.39 Å². The Hall–Kier alpha value is -1.29. The summed E-state index contributed by atoms with van der Waals surface area (Å²) >= 11 is 2.22. The number of benzene rings is 2. The van der Waals surface area contributed by atoms with Gasteiger partial charge < -0.3 is 4.42 Å². The second-order valence-corrected chi connectivity index (χ2v) is 7.23. The number of hydrogen-bond donors (Lipinski definition) is 0. The largest absolute Gasteiger partial charge is 0.450 e. The summed E-state index contributed by atoms with van der Waals surface area (Å²) in [5.74, 6) is 0. The second kappa shape index (κ2) is 8.00. The molecule has 0 amide bonds. The molecule has 0 N–H and O–H groups in total. The maximum absolute atomic E-state index is 5.64. The smallest absolute Gasteiger partial charge is 0.165 e. The first-order valence-corrected chi connectivity index (χ1v) is 9.62. The van der Waals surface area contributed by atoms with Crippen LogP contribution in [0.4, 0.5) is 0 Å². The number of furan rings is 1. The Bertz CT molecular complexity index is 755. The lowest BCUT2D eigenvalue weighted by Gasteiger charge is -2.05. The van der Waals surface area contributed by atoms with Gasteiger partial charge in [-0.15, -0.1) is 0 Å². The summed E-state index contributed by atoms with van der Waals surface area (Å²) < 4.78 is 6.57. The van der Waals surface area contributed by atoms with E-state index in [-0.39, 0.29) is 0 Å². The SMILES string of the molecule is CCCCCCCc1ccc(-c2ccc3oc(I)cc3c2)cc1. The zero-order valence-corrected chi connectivity index (χ0v) is 15.8. The maximum atomic E-state index is 5.64. The van der Waals surface area contributed by atoms with Crippen molar-refractivity contribution in [3.05, 3.63) is 57.9 Å². The van der Waals surface area contributed by atoms with E-state index in [1.54, 1.807) is 0 Å². The Morgan fingerprint density at radius 2 is 1.57 bits per heavy atom. The first-order valence-electron chi connectivity index (χ1n) is 8.54. The highest BCUT2D eigenvalue weighted by Crippen LogP contribution is 2.27. The van der Waals surface area contributed by atoms with Gasteiger partial charge in [0.15, 0.2) is 3.77 Å². The van der Waals surface area contributed by atoms with E-state index in [9.17, 15) is 0 Å². The molecule has 2 aromatic carbocycles. The monoisotopic (exact) mass is 418 g/mol. The van der Waals surface area contributed by atoms with E-state index in [1.807, 2.05) is 0 Å². The van der Waals surface area contributed by atoms with Crippen LogP contribution in [0.2, 0.25) is 0 Å². The number of unbranched alkanes of at least 4 members (excludes halogenated alkanes) is 4. The van der Waals surface area contributed by atoms with Gasteiger partial charge in [-0.2, -0.15) is 0 Å². The third-order valence-electron chi connectivity index (χ3n) is 4.34. The van der Waals surface area contributed by atoms with Gasteiger partial charge in [0.05, 0.1) is 0 Å². The molecule has 0 saturated heterocycles. The molecule has 2 heteroatoms. The van der Waals surface area contributed by atoms with Crippen LogP contribution < -0.4 is 0 Å². The van der Waals surface area contributed by atoms with Gasteiger partial charge in [-0.3, -0.25) is 0 Å². The van der Waals surface area contributed by atoms with Gasteiger partial charge in [-0.1, -0.05) is 62.9 Å². The predicted molar refractivity (Wildman–Crippen MR) is 107 cm³/mol. The molecule has 0 saturated carbocycles. The minimum absolute atomic E-state index is 0.938. The van der Waals surface area contributed by atoms with Crippen LogP contribution in [0, 0.1) is 3.77 Å². The van der Waals surface area contributed by atoms with Gasteiger partial charge in [0.1, 0.15) is 5.58 Å². The van der Waals surface area contributed by atoms with Gasteiger partial charge in [-0.05, 0) is 70.3 Å². The van der Waals surface area contributed by atoms with E-state index in [1.165, 1.54) is 60.6 Å². The molecule has 0 aliphatic heterocycles. The molecule has 3 rings (SSSR count).